The molecule has 0 aliphatic rings. The molecule has 2 aromatic carbocycles. The zero-order valence-corrected chi connectivity index (χ0v) is 13.1. The van der Waals surface area contributed by atoms with E-state index in [4.69, 9.17) is 0 Å². The molecule has 0 amide bonds. The lowest BCUT2D eigenvalue weighted by atomic mass is 9.99. The van der Waals surface area contributed by atoms with Crippen molar-refractivity contribution in [3.05, 3.63) is 59.4 Å². The summed E-state index contributed by atoms with van der Waals surface area (Å²) in [7, 11) is 0. The Labute approximate surface area is 137 Å². The summed E-state index contributed by atoms with van der Waals surface area (Å²) >= 11 is 0. The van der Waals surface area contributed by atoms with Crippen molar-refractivity contribution in [2.75, 3.05) is 0 Å². The Morgan fingerprint density at radius 2 is 1.75 bits per heavy atom. The Morgan fingerprint density at radius 1 is 1.04 bits per heavy atom. The number of fused-ring (bicyclic) bond motifs is 1. The van der Waals surface area contributed by atoms with Crippen molar-refractivity contribution in [1.29, 1.82) is 0 Å². The summed E-state index contributed by atoms with van der Waals surface area (Å²) in [4.78, 5) is 14.2. The topological polar surface area (TPSA) is 32.9 Å². The van der Waals surface area contributed by atoms with Crippen molar-refractivity contribution in [1.82, 2.24) is 4.98 Å². The number of aromatic nitrogens is 1. The number of Topliss-reactive ketones (excluding diaryl/α,β-unsaturated/α-hetero) is 1. The summed E-state index contributed by atoms with van der Waals surface area (Å²) in [5.74, 6) is -1.63. The Bertz CT molecular complexity index is 897. The van der Waals surface area contributed by atoms with Crippen molar-refractivity contribution in [3.8, 4) is 11.3 Å². The number of nitrogens with one attached hydrogen (secondary N) is 1. The third-order valence-electron chi connectivity index (χ3n) is 4.02. The molecule has 24 heavy (non-hydrogen) atoms. The summed E-state index contributed by atoms with van der Waals surface area (Å²) < 4.78 is 40.9. The van der Waals surface area contributed by atoms with Crippen LogP contribution in [0, 0.1) is 17.5 Å². The van der Waals surface area contributed by atoms with Gasteiger partial charge in [0, 0.05) is 23.6 Å². The summed E-state index contributed by atoms with van der Waals surface area (Å²) in [5, 5.41) is 0.454. The third kappa shape index (κ3) is 3.20. The fourth-order valence-corrected chi connectivity index (χ4v) is 2.91. The van der Waals surface area contributed by atoms with Gasteiger partial charge in [0.15, 0.2) is 0 Å². The van der Waals surface area contributed by atoms with E-state index in [1.54, 1.807) is 12.1 Å². The molecule has 1 heterocycles. The van der Waals surface area contributed by atoms with Crippen LogP contribution >= 0.6 is 0 Å². The second kappa shape index (κ2) is 6.51. The first-order valence-corrected chi connectivity index (χ1v) is 7.70. The van der Waals surface area contributed by atoms with E-state index in [1.807, 2.05) is 0 Å². The zero-order valence-electron chi connectivity index (χ0n) is 13.1. The van der Waals surface area contributed by atoms with Gasteiger partial charge >= 0.3 is 0 Å². The Hall–Kier alpha value is -2.56. The molecule has 0 spiro atoms. The number of carbonyl (C=O) groups excluding carboxylic acids is 1. The zero-order chi connectivity index (χ0) is 17.3. The van der Waals surface area contributed by atoms with Gasteiger partial charge in [-0.1, -0.05) is 0 Å². The van der Waals surface area contributed by atoms with Crippen LogP contribution in [0.4, 0.5) is 13.2 Å². The number of H-pyrrole nitrogens is 1. The molecule has 0 bridgehead atoms. The van der Waals surface area contributed by atoms with Gasteiger partial charge in [-0.3, -0.25) is 0 Å². The highest BCUT2D eigenvalue weighted by Gasteiger charge is 2.17. The first kappa shape index (κ1) is 16.3. The maximum atomic E-state index is 14.1. The average molecular weight is 331 g/mol. The third-order valence-corrected chi connectivity index (χ3v) is 4.02. The van der Waals surface area contributed by atoms with Crippen LogP contribution in [0.15, 0.2) is 36.4 Å². The van der Waals surface area contributed by atoms with E-state index in [0.717, 1.165) is 11.6 Å². The number of hydrogen-bond donors (Lipinski definition) is 1. The largest absolute Gasteiger partial charge is 0.352 e. The first-order valence-electron chi connectivity index (χ1n) is 7.70. The number of halogens is 3. The number of aromatic amines is 1. The standard InChI is InChI=1S/C19H16F3NO/c1-11(24)3-2-4-15-16-9-14(21)10-17(22)19(16)23-18(15)12-5-7-13(20)8-6-12/h5-10,23H,2-4H2,1H3. The van der Waals surface area contributed by atoms with Crippen LogP contribution in [0.25, 0.3) is 22.2 Å². The molecule has 0 fully saturated rings. The van der Waals surface area contributed by atoms with Crippen molar-refractivity contribution in [3.63, 3.8) is 0 Å². The lowest BCUT2D eigenvalue weighted by Crippen LogP contribution is -1.94. The normalized spacial score (nSPS) is 11.2. The quantitative estimate of drug-likeness (QED) is 0.688. The van der Waals surface area contributed by atoms with Gasteiger partial charge in [-0.15, -0.1) is 0 Å². The van der Waals surface area contributed by atoms with E-state index in [1.165, 1.54) is 25.1 Å². The number of carbonyl (C=O) groups is 1. The molecule has 3 aromatic rings. The van der Waals surface area contributed by atoms with E-state index in [2.05, 4.69) is 4.98 Å². The van der Waals surface area contributed by atoms with Gasteiger partial charge < -0.3 is 9.78 Å². The fraction of sp³-hybridized carbons (Fsp3) is 0.211. The molecule has 0 aliphatic carbocycles. The molecule has 5 heteroatoms. The highest BCUT2D eigenvalue weighted by molar-refractivity contribution is 5.91. The molecule has 3 rings (SSSR count). The maximum absolute atomic E-state index is 14.1. The minimum atomic E-state index is -0.675. The number of rotatable bonds is 5. The number of benzene rings is 2. The Kier molecular flexibility index (Phi) is 4.42. The van der Waals surface area contributed by atoms with E-state index in [-0.39, 0.29) is 17.1 Å². The molecule has 0 saturated heterocycles. The molecular weight excluding hydrogens is 315 g/mol. The van der Waals surface area contributed by atoms with Gasteiger partial charge in [0.05, 0.1) is 5.52 Å². The van der Waals surface area contributed by atoms with E-state index >= 15 is 0 Å². The van der Waals surface area contributed by atoms with E-state index < -0.39 is 11.6 Å². The molecule has 2 nitrogen and oxygen atoms in total. The molecular formula is C19H16F3NO. The SMILES string of the molecule is CC(=O)CCCc1c(-c2ccc(F)cc2)[nH]c2c(F)cc(F)cc12. The second-order valence-electron chi connectivity index (χ2n) is 5.85. The first-order chi connectivity index (χ1) is 11.5. The lowest BCUT2D eigenvalue weighted by molar-refractivity contribution is -0.117. The molecule has 0 aliphatic heterocycles. The lowest BCUT2D eigenvalue weighted by Gasteiger charge is -2.05. The monoisotopic (exact) mass is 331 g/mol. The molecule has 0 saturated carbocycles. The van der Waals surface area contributed by atoms with Gasteiger partial charge in [0.2, 0.25) is 0 Å². The minimum absolute atomic E-state index is 0.0653. The molecule has 0 radical (unpaired) electrons. The highest BCUT2D eigenvalue weighted by atomic mass is 19.1. The van der Waals surface area contributed by atoms with E-state index in [9.17, 15) is 18.0 Å². The number of ketones is 1. The predicted octanol–water partition coefficient (Wildman–Crippen LogP) is 5.16. The van der Waals surface area contributed by atoms with Crippen LogP contribution in [0.2, 0.25) is 0 Å². The highest BCUT2D eigenvalue weighted by Crippen LogP contribution is 2.33. The van der Waals surface area contributed by atoms with Crippen LogP contribution in [0.3, 0.4) is 0 Å². The van der Waals surface area contributed by atoms with Gasteiger partial charge in [-0.25, -0.2) is 13.2 Å². The van der Waals surface area contributed by atoms with Gasteiger partial charge in [0.25, 0.3) is 0 Å². The Balaban J connectivity index is 2.13. The minimum Gasteiger partial charge on any atom is -0.352 e. The van der Waals surface area contributed by atoms with Crippen LogP contribution in [0.1, 0.15) is 25.3 Å². The summed E-state index contributed by atoms with van der Waals surface area (Å²) in [6, 6.07) is 7.91. The number of hydrogen-bond acceptors (Lipinski definition) is 1. The second-order valence-corrected chi connectivity index (χ2v) is 5.85. The summed E-state index contributed by atoms with van der Waals surface area (Å²) in [6.07, 6.45) is 1.47. The molecule has 1 aromatic heterocycles. The van der Waals surface area contributed by atoms with Gasteiger partial charge in [-0.2, -0.15) is 0 Å². The van der Waals surface area contributed by atoms with Crippen molar-refractivity contribution >= 4 is 16.7 Å². The Morgan fingerprint density at radius 3 is 2.42 bits per heavy atom. The number of aryl methyl sites for hydroxylation is 1. The summed E-state index contributed by atoms with van der Waals surface area (Å²) in [5.41, 5.74) is 2.26. The molecule has 1 N–H and O–H groups in total. The van der Waals surface area contributed by atoms with Crippen LogP contribution in [-0.2, 0) is 11.2 Å². The van der Waals surface area contributed by atoms with Crippen LogP contribution in [-0.4, -0.2) is 10.8 Å². The van der Waals surface area contributed by atoms with Crippen LogP contribution in [0.5, 0.6) is 0 Å². The molecule has 124 valence electrons. The van der Waals surface area contributed by atoms with Gasteiger partial charge in [-0.05, 0) is 61.2 Å². The van der Waals surface area contributed by atoms with Crippen molar-refractivity contribution in [2.24, 2.45) is 0 Å². The smallest absolute Gasteiger partial charge is 0.150 e. The summed E-state index contributed by atoms with van der Waals surface area (Å²) in [6.45, 7) is 1.51. The van der Waals surface area contributed by atoms with Crippen LogP contribution < -0.4 is 0 Å². The van der Waals surface area contributed by atoms with Gasteiger partial charge in [0.1, 0.15) is 23.2 Å². The predicted molar refractivity (Wildman–Crippen MR) is 87.2 cm³/mol. The van der Waals surface area contributed by atoms with Crippen molar-refractivity contribution in [2.45, 2.75) is 26.2 Å². The fourth-order valence-electron chi connectivity index (χ4n) is 2.91. The maximum Gasteiger partial charge on any atom is 0.150 e. The van der Waals surface area contributed by atoms with Crippen molar-refractivity contribution < 1.29 is 18.0 Å². The molecule has 0 atom stereocenters. The molecule has 0 unspecified atom stereocenters. The van der Waals surface area contributed by atoms with E-state index in [0.29, 0.717) is 35.9 Å². The average Bonchev–Trinajstić information content (AvgIpc) is 2.87.